The van der Waals surface area contributed by atoms with Crippen molar-refractivity contribution in [2.45, 2.75) is 0 Å². The lowest BCUT2D eigenvalue weighted by Crippen LogP contribution is -2.15. The van der Waals surface area contributed by atoms with E-state index in [9.17, 15) is 9.59 Å². The summed E-state index contributed by atoms with van der Waals surface area (Å²) in [7, 11) is 0. The molecule has 0 saturated heterocycles. The van der Waals surface area contributed by atoms with Gasteiger partial charge in [0, 0.05) is 17.2 Å². The molecule has 0 saturated carbocycles. The Labute approximate surface area is 118 Å². The van der Waals surface area contributed by atoms with Crippen LogP contribution in [0.2, 0.25) is 10.0 Å². The van der Waals surface area contributed by atoms with Crippen molar-refractivity contribution in [2.24, 2.45) is 0 Å². The van der Waals surface area contributed by atoms with Crippen LogP contribution < -0.4 is 4.74 Å². The van der Waals surface area contributed by atoms with E-state index >= 15 is 0 Å². The Bertz CT molecular complexity index is 603. The maximum atomic E-state index is 11.6. The number of ketones is 2. The van der Waals surface area contributed by atoms with Crippen LogP contribution in [0.5, 0.6) is 5.75 Å². The monoisotopic (exact) mass is 302 g/mol. The highest BCUT2D eigenvalue weighted by atomic mass is 35.5. The van der Waals surface area contributed by atoms with E-state index in [-0.39, 0.29) is 21.6 Å². The molecule has 0 heterocycles. The van der Waals surface area contributed by atoms with E-state index in [1.165, 1.54) is 12.1 Å². The van der Waals surface area contributed by atoms with Gasteiger partial charge in [0.15, 0.2) is 5.76 Å². The van der Waals surface area contributed by atoms with Gasteiger partial charge in [-0.1, -0.05) is 34.8 Å². The number of rotatable bonds is 2. The van der Waals surface area contributed by atoms with Gasteiger partial charge >= 0.3 is 0 Å². The fraction of sp³-hybridized carbons (Fsp3) is 0. The first-order chi connectivity index (χ1) is 8.47. The van der Waals surface area contributed by atoms with Gasteiger partial charge in [0.1, 0.15) is 5.75 Å². The number of benzene rings is 1. The first-order valence-corrected chi connectivity index (χ1v) is 5.91. The van der Waals surface area contributed by atoms with E-state index < -0.39 is 11.6 Å². The van der Waals surface area contributed by atoms with E-state index in [0.717, 1.165) is 12.2 Å². The van der Waals surface area contributed by atoms with Crippen LogP contribution in [0.25, 0.3) is 0 Å². The molecule has 3 nitrogen and oxygen atoms in total. The molecule has 0 atom stereocenters. The number of ether oxygens (including phenoxy) is 1. The smallest absolute Gasteiger partial charge is 0.222 e. The molecular formula is C12H5Cl3O3. The van der Waals surface area contributed by atoms with Crippen LogP contribution in [0.4, 0.5) is 0 Å². The quantitative estimate of drug-likeness (QED) is 0.785. The van der Waals surface area contributed by atoms with Crippen LogP contribution in [0.3, 0.4) is 0 Å². The van der Waals surface area contributed by atoms with Crippen LogP contribution in [0.15, 0.2) is 41.1 Å². The molecule has 0 fully saturated rings. The number of hydrogen-bond acceptors (Lipinski definition) is 3. The van der Waals surface area contributed by atoms with Gasteiger partial charge in [0.2, 0.25) is 11.6 Å². The summed E-state index contributed by atoms with van der Waals surface area (Å²) in [6.45, 7) is 0. The number of allylic oxidation sites excluding steroid dienone is 3. The molecule has 1 aromatic carbocycles. The zero-order valence-electron chi connectivity index (χ0n) is 8.75. The molecule has 6 heteroatoms. The van der Waals surface area contributed by atoms with Gasteiger partial charge in [-0.15, -0.1) is 0 Å². The summed E-state index contributed by atoms with van der Waals surface area (Å²) < 4.78 is 5.27. The number of carbonyl (C=O) groups is 2. The van der Waals surface area contributed by atoms with E-state index in [4.69, 9.17) is 39.5 Å². The highest BCUT2D eigenvalue weighted by Gasteiger charge is 2.21. The molecule has 18 heavy (non-hydrogen) atoms. The zero-order valence-corrected chi connectivity index (χ0v) is 11.0. The lowest BCUT2D eigenvalue weighted by Gasteiger charge is -2.11. The summed E-state index contributed by atoms with van der Waals surface area (Å²) in [6, 6.07) is 4.53. The number of carbonyl (C=O) groups excluding carboxylic acids is 2. The lowest BCUT2D eigenvalue weighted by atomic mass is 10.1. The minimum Gasteiger partial charge on any atom is -0.452 e. The average molecular weight is 304 g/mol. The van der Waals surface area contributed by atoms with Crippen molar-refractivity contribution in [2.75, 3.05) is 0 Å². The first kappa shape index (κ1) is 13.1. The molecule has 1 aliphatic carbocycles. The second-order valence-corrected chi connectivity index (χ2v) is 4.66. The number of hydrogen-bond donors (Lipinski definition) is 0. The van der Waals surface area contributed by atoms with Crippen molar-refractivity contribution in [3.63, 3.8) is 0 Å². The third-order valence-electron chi connectivity index (χ3n) is 2.11. The second kappa shape index (κ2) is 5.14. The molecule has 0 radical (unpaired) electrons. The molecule has 0 amide bonds. The molecule has 1 aromatic rings. The Hall–Kier alpha value is -1.29. The van der Waals surface area contributed by atoms with Gasteiger partial charge in [-0.3, -0.25) is 9.59 Å². The van der Waals surface area contributed by atoms with Crippen LogP contribution >= 0.6 is 34.8 Å². The fourth-order valence-electron chi connectivity index (χ4n) is 1.27. The summed E-state index contributed by atoms with van der Waals surface area (Å²) in [6.07, 6.45) is 2.03. The topological polar surface area (TPSA) is 43.4 Å². The minimum atomic E-state index is -0.495. The van der Waals surface area contributed by atoms with Crippen LogP contribution in [-0.2, 0) is 9.59 Å². The van der Waals surface area contributed by atoms with Crippen molar-refractivity contribution in [1.29, 1.82) is 0 Å². The first-order valence-electron chi connectivity index (χ1n) is 4.78. The predicted octanol–water partition coefficient (Wildman–Crippen LogP) is 3.53. The second-order valence-electron chi connectivity index (χ2n) is 3.41. The molecule has 0 bridgehead atoms. The molecule has 0 unspecified atom stereocenters. The standard InChI is InChI=1S/C12H5Cl3O3/c13-6-1-2-11(8(15)3-6)18-12-5-9(16)7(14)4-10(12)17/h1-5H. The van der Waals surface area contributed by atoms with E-state index in [1.807, 2.05) is 0 Å². The minimum absolute atomic E-state index is 0.131. The van der Waals surface area contributed by atoms with E-state index in [0.29, 0.717) is 5.02 Å². The van der Waals surface area contributed by atoms with E-state index in [1.54, 1.807) is 6.07 Å². The molecule has 0 spiro atoms. The average Bonchev–Trinajstić information content (AvgIpc) is 2.29. The molecule has 0 N–H and O–H groups in total. The highest BCUT2D eigenvalue weighted by Crippen LogP contribution is 2.30. The summed E-state index contributed by atoms with van der Waals surface area (Å²) in [5.74, 6) is -0.879. The fourth-order valence-corrected chi connectivity index (χ4v) is 1.87. The maximum absolute atomic E-state index is 11.6. The molecule has 0 aromatic heterocycles. The third-order valence-corrected chi connectivity index (χ3v) is 2.94. The Morgan fingerprint density at radius 1 is 0.944 bits per heavy atom. The molecule has 1 aliphatic rings. The molecule has 2 rings (SSSR count). The normalized spacial score (nSPS) is 15.3. The van der Waals surface area contributed by atoms with Crippen molar-refractivity contribution >= 4 is 46.4 Å². The van der Waals surface area contributed by atoms with E-state index in [2.05, 4.69) is 0 Å². The van der Waals surface area contributed by atoms with Crippen LogP contribution in [0, 0.1) is 0 Å². The lowest BCUT2D eigenvalue weighted by molar-refractivity contribution is -0.116. The summed E-state index contributed by atoms with van der Waals surface area (Å²) in [5, 5.41) is 0.536. The summed E-state index contributed by atoms with van der Waals surface area (Å²) in [4.78, 5) is 22.9. The van der Waals surface area contributed by atoms with Gasteiger partial charge in [-0.25, -0.2) is 0 Å². The van der Waals surface area contributed by atoms with Gasteiger partial charge in [0.25, 0.3) is 0 Å². The summed E-state index contributed by atoms with van der Waals surface area (Å²) >= 11 is 17.1. The van der Waals surface area contributed by atoms with Crippen molar-refractivity contribution in [1.82, 2.24) is 0 Å². The van der Waals surface area contributed by atoms with Crippen molar-refractivity contribution in [3.05, 3.63) is 51.2 Å². The Kier molecular flexibility index (Phi) is 3.76. The zero-order chi connectivity index (χ0) is 13.3. The molecule has 92 valence electrons. The largest absolute Gasteiger partial charge is 0.452 e. The maximum Gasteiger partial charge on any atom is 0.222 e. The van der Waals surface area contributed by atoms with Crippen molar-refractivity contribution < 1.29 is 14.3 Å². The molecular weight excluding hydrogens is 298 g/mol. The summed E-state index contributed by atoms with van der Waals surface area (Å²) in [5.41, 5.74) is 0. The highest BCUT2D eigenvalue weighted by molar-refractivity contribution is 6.47. The van der Waals surface area contributed by atoms with Crippen LogP contribution in [0.1, 0.15) is 0 Å². The van der Waals surface area contributed by atoms with Crippen molar-refractivity contribution in [3.8, 4) is 5.75 Å². The van der Waals surface area contributed by atoms with Gasteiger partial charge in [-0.05, 0) is 18.2 Å². The SMILES string of the molecule is O=C1C=C(Oc2ccc(Cl)cc2Cl)C(=O)C=C1Cl. The van der Waals surface area contributed by atoms with Gasteiger partial charge < -0.3 is 4.74 Å². The Balaban J connectivity index is 2.27. The van der Waals surface area contributed by atoms with Gasteiger partial charge in [0.05, 0.1) is 10.1 Å². The number of halogens is 3. The molecule has 0 aliphatic heterocycles. The predicted molar refractivity (Wildman–Crippen MR) is 69.1 cm³/mol. The van der Waals surface area contributed by atoms with Crippen LogP contribution in [-0.4, -0.2) is 11.6 Å². The Morgan fingerprint density at radius 3 is 2.33 bits per heavy atom. The van der Waals surface area contributed by atoms with Gasteiger partial charge in [-0.2, -0.15) is 0 Å². The Morgan fingerprint density at radius 2 is 1.67 bits per heavy atom. The third kappa shape index (κ3) is 2.75.